The molecule has 0 atom stereocenters. The predicted molar refractivity (Wildman–Crippen MR) is 115 cm³/mol. The zero-order chi connectivity index (χ0) is 18.9. The lowest BCUT2D eigenvalue weighted by atomic mass is 9.79. The molecule has 2 heterocycles. The summed E-state index contributed by atoms with van der Waals surface area (Å²) in [5, 5.41) is 0. The van der Waals surface area contributed by atoms with Crippen LogP contribution < -0.4 is 0 Å². The number of hydrogen-bond acceptors (Lipinski definition) is 2. The molecule has 0 N–H and O–H groups in total. The van der Waals surface area contributed by atoms with Gasteiger partial charge in [0.25, 0.3) is 0 Å². The van der Waals surface area contributed by atoms with E-state index in [0.717, 1.165) is 0 Å². The van der Waals surface area contributed by atoms with Crippen LogP contribution in [0.25, 0.3) is 9.40 Å². The fraction of sp³-hybridized carbons (Fsp3) is 0.727. The third kappa shape index (κ3) is 3.46. The second kappa shape index (κ2) is 5.58. The van der Waals surface area contributed by atoms with Crippen molar-refractivity contribution in [2.24, 2.45) is 0 Å². The molecule has 2 heteroatoms. The van der Waals surface area contributed by atoms with E-state index in [4.69, 9.17) is 0 Å². The minimum atomic E-state index is 0.177. The third-order valence-electron chi connectivity index (χ3n) is 4.39. The lowest BCUT2D eigenvalue weighted by molar-refractivity contribution is 0.545. The standard InChI is InChI=1S/C22H36S2/c1-19(2,3)13-15-16(24-17(13)21(7,8)9)14(20(4,5)6)18(23-15)22(10,11)12/h1-12H3. The molecule has 2 aromatic rings. The van der Waals surface area contributed by atoms with Crippen molar-refractivity contribution in [3.8, 4) is 0 Å². The topological polar surface area (TPSA) is 0 Å². The van der Waals surface area contributed by atoms with Crippen LogP contribution in [0.5, 0.6) is 0 Å². The molecule has 136 valence electrons. The Balaban J connectivity index is 3.02. The second-order valence-electron chi connectivity index (χ2n) is 11.3. The number of hydrogen-bond donors (Lipinski definition) is 0. The maximum atomic E-state index is 2.37. The van der Waals surface area contributed by atoms with Crippen molar-refractivity contribution in [1.82, 2.24) is 0 Å². The van der Waals surface area contributed by atoms with E-state index >= 15 is 0 Å². The molecule has 0 aromatic carbocycles. The Labute approximate surface area is 157 Å². The van der Waals surface area contributed by atoms with E-state index in [0.29, 0.717) is 0 Å². The van der Waals surface area contributed by atoms with Crippen molar-refractivity contribution in [3.63, 3.8) is 0 Å². The summed E-state index contributed by atoms with van der Waals surface area (Å²) in [6, 6.07) is 0. The molecule has 0 aliphatic heterocycles. The van der Waals surface area contributed by atoms with Crippen LogP contribution in [-0.4, -0.2) is 0 Å². The molecule has 0 spiro atoms. The summed E-state index contributed by atoms with van der Waals surface area (Å²) in [5.74, 6) is 0. The molecule has 24 heavy (non-hydrogen) atoms. The molecule has 2 rings (SSSR count). The van der Waals surface area contributed by atoms with Crippen molar-refractivity contribution in [3.05, 3.63) is 20.9 Å². The molecule has 0 aliphatic rings. The van der Waals surface area contributed by atoms with Crippen molar-refractivity contribution in [2.45, 2.75) is 105 Å². The van der Waals surface area contributed by atoms with Crippen LogP contribution in [0.15, 0.2) is 0 Å². The van der Waals surface area contributed by atoms with Crippen LogP contribution in [0.2, 0.25) is 0 Å². The number of rotatable bonds is 0. The van der Waals surface area contributed by atoms with Gasteiger partial charge in [-0.2, -0.15) is 0 Å². The van der Waals surface area contributed by atoms with Gasteiger partial charge in [-0.25, -0.2) is 0 Å². The summed E-state index contributed by atoms with van der Waals surface area (Å²) in [5.41, 5.74) is 3.92. The number of thiophene rings is 2. The summed E-state index contributed by atoms with van der Waals surface area (Å²) in [6.45, 7) is 28.4. The molecule has 0 aliphatic carbocycles. The van der Waals surface area contributed by atoms with E-state index in [1.54, 1.807) is 30.3 Å². The highest BCUT2D eigenvalue weighted by atomic mass is 32.1. The molecule has 0 fully saturated rings. The Bertz CT molecular complexity index is 676. The molecule has 0 saturated heterocycles. The average Bonchev–Trinajstić information content (AvgIpc) is 2.76. The Hall–Kier alpha value is -0.340. The van der Waals surface area contributed by atoms with Crippen molar-refractivity contribution >= 4 is 32.1 Å². The highest BCUT2D eigenvalue weighted by Gasteiger charge is 2.36. The van der Waals surface area contributed by atoms with E-state index in [2.05, 4.69) is 106 Å². The molecule has 0 unspecified atom stereocenters. The zero-order valence-corrected chi connectivity index (χ0v) is 19.4. The van der Waals surface area contributed by atoms with Gasteiger partial charge in [-0.05, 0) is 32.8 Å². The molecule has 0 bridgehead atoms. The minimum absolute atomic E-state index is 0.177. The van der Waals surface area contributed by atoms with Crippen molar-refractivity contribution in [2.75, 3.05) is 0 Å². The van der Waals surface area contributed by atoms with Gasteiger partial charge in [-0.15, -0.1) is 22.7 Å². The fourth-order valence-electron chi connectivity index (χ4n) is 3.35. The van der Waals surface area contributed by atoms with E-state index < -0.39 is 0 Å². The first-order chi connectivity index (χ1) is 10.5. The first-order valence-corrected chi connectivity index (χ1v) is 10.7. The van der Waals surface area contributed by atoms with E-state index in [9.17, 15) is 0 Å². The minimum Gasteiger partial charge on any atom is -0.138 e. The Morgan fingerprint density at radius 1 is 0.417 bits per heavy atom. The highest BCUT2D eigenvalue weighted by molar-refractivity contribution is 7.28. The van der Waals surface area contributed by atoms with Gasteiger partial charge in [-0.1, -0.05) is 83.1 Å². The van der Waals surface area contributed by atoms with Crippen LogP contribution in [0, 0.1) is 0 Å². The van der Waals surface area contributed by atoms with Crippen LogP contribution in [0.4, 0.5) is 0 Å². The lowest BCUT2D eigenvalue weighted by Crippen LogP contribution is -2.20. The summed E-state index contributed by atoms with van der Waals surface area (Å²) in [4.78, 5) is 3.14. The Morgan fingerprint density at radius 2 is 0.667 bits per heavy atom. The maximum Gasteiger partial charge on any atom is 0.0497 e. The first-order valence-electron chi connectivity index (χ1n) is 9.07. The number of fused-ring (bicyclic) bond motifs is 1. The maximum absolute atomic E-state index is 2.37. The van der Waals surface area contributed by atoms with Crippen molar-refractivity contribution < 1.29 is 0 Å². The predicted octanol–water partition coefficient (Wildman–Crippen LogP) is 8.15. The van der Waals surface area contributed by atoms with E-state index in [1.807, 2.05) is 0 Å². The SMILES string of the molecule is CC(C)(C)c1sc2c(C(C)(C)C)c(C(C)(C)C)sc2c1C(C)(C)C. The van der Waals surface area contributed by atoms with Crippen LogP contribution in [0.3, 0.4) is 0 Å². The smallest absolute Gasteiger partial charge is 0.0497 e. The fourth-order valence-corrected chi connectivity index (χ4v) is 7.18. The summed E-state index contributed by atoms with van der Waals surface area (Å²) in [6.07, 6.45) is 0. The second-order valence-corrected chi connectivity index (χ2v) is 13.3. The first kappa shape index (κ1) is 20.0. The lowest BCUT2D eigenvalue weighted by Gasteiger charge is -2.28. The van der Waals surface area contributed by atoms with Gasteiger partial charge in [0.1, 0.15) is 0 Å². The zero-order valence-electron chi connectivity index (χ0n) is 17.8. The molecule has 0 nitrogen and oxygen atoms in total. The van der Waals surface area contributed by atoms with Crippen LogP contribution in [-0.2, 0) is 21.7 Å². The molecule has 0 radical (unpaired) electrons. The van der Waals surface area contributed by atoms with Gasteiger partial charge in [0.15, 0.2) is 0 Å². The molecular weight excluding hydrogens is 328 g/mol. The van der Waals surface area contributed by atoms with Crippen molar-refractivity contribution in [1.29, 1.82) is 0 Å². The van der Waals surface area contributed by atoms with E-state index in [-0.39, 0.29) is 21.7 Å². The summed E-state index contributed by atoms with van der Waals surface area (Å²) >= 11 is 4.12. The van der Waals surface area contributed by atoms with E-state index in [1.165, 1.54) is 0 Å². The Morgan fingerprint density at radius 3 is 0.833 bits per heavy atom. The third-order valence-corrected chi connectivity index (χ3v) is 7.78. The van der Waals surface area contributed by atoms with Gasteiger partial charge in [0.2, 0.25) is 0 Å². The molecule has 2 aromatic heterocycles. The van der Waals surface area contributed by atoms with Gasteiger partial charge in [0, 0.05) is 19.2 Å². The monoisotopic (exact) mass is 364 g/mol. The average molecular weight is 365 g/mol. The van der Waals surface area contributed by atoms with Crippen LogP contribution >= 0.6 is 22.7 Å². The Kier molecular flexibility index (Phi) is 4.64. The quantitative estimate of drug-likeness (QED) is 0.442. The normalized spacial score (nSPS) is 14.7. The van der Waals surface area contributed by atoms with Gasteiger partial charge in [-0.3, -0.25) is 0 Å². The van der Waals surface area contributed by atoms with Crippen LogP contribution in [0.1, 0.15) is 104 Å². The summed E-state index contributed by atoms with van der Waals surface area (Å²) in [7, 11) is 0. The molecule has 0 saturated carbocycles. The van der Waals surface area contributed by atoms with Gasteiger partial charge < -0.3 is 0 Å². The molecule has 0 amide bonds. The summed E-state index contributed by atoms with van der Waals surface area (Å²) < 4.78 is 3.10. The largest absolute Gasteiger partial charge is 0.138 e. The van der Waals surface area contributed by atoms with Gasteiger partial charge >= 0.3 is 0 Å². The highest BCUT2D eigenvalue weighted by Crippen LogP contribution is 2.53. The van der Waals surface area contributed by atoms with Gasteiger partial charge in [0.05, 0.1) is 0 Å². The molecular formula is C22H36S2.